The van der Waals surface area contributed by atoms with Crippen LogP contribution >= 0.6 is 0 Å². The molecule has 0 aliphatic carbocycles. The number of nitrogens with one attached hydrogen (secondary N) is 1. The van der Waals surface area contributed by atoms with E-state index in [1.807, 2.05) is 0 Å². The van der Waals surface area contributed by atoms with Crippen LogP contribution in [-0.2, 0) is 6.61 Å². The SMILES string of the molecule is OCc1ncc(-c2ccc(F)cc2F)[nH]1. The van der Waals surface area contributed by atoms with E-state index in [-0.39, 0.29) is 12.2 Å². The van der Waals surface area contributed by atoms with Gasteiger partial charge in [-0.05, 0) is 12.1 Å². The summed E-state index contributed by atoms with van der Waals surface area (Å²) in [6.45, 7) is -0.247. The molecule has 1 aromatic carbocycles. The Balaban J connectivity index is 2.44. The molecule has 0 unspecified atom stereocenters. The molecule has 0 aliphatic rings. The number of hydrogen-bond donors (Lipinski definition) is 2. The highest BCUT2D eigenvalue weighted by Crippen LogP contribution is 2.21. The maximum Gasteiger partial charge on any atom is 0.135 e. The molecule has 2 rings (SSSR count). The Kier molecular flexibility index (Phi) is 2.47. The summed E-state index contributed by atoms with van der Waals surface area (Å²) in [4.78, 5) is 6.52. The lowest BCUT2D eigenvalue weighted by Gasteiger charge is -1.99. The molecule has 0 bridgehead atoms. The van der Waals surface area contributed by atoms with Crippen LogP contribution in [0.5, 0.6) is 0 Å². The normalized spacial score (nSPS) is 10.6. The topological polar surface area (TPSA) is 48.9 Å². The van der Waals surface area contributed by atoms with Crippen LogP contribution in [0.2, 0.25) is 0 Å². The predicted molar refractivity (Wildman–Crippen MR) is 49.9 cm³/mol. The summed E-state index contributed by atoms with van der Waals surface area (Å²) in [5, 5.41) is 8.76. The van der Waals surface area contributed by atoms with Crippen LogP contribution in [0.4, 0.5) is 8.78 Å². The van der Waals surface area contributed by atoms with Crippen molar-refractivity contribution in [3.63, 3.8) is 0 Å². The van der Waals surface area contributed by atoms with Gasteiger partial charge in [-0.1, -0.05) is 0 Å². The fourth-order valence-electron chi connectivity index (χ4n) is 1.29. The molecule has 78 valence electrons. The Hall–Kier alpha value is -1.75. The van der Waals surface area contributed by atoms with Gasteiger partial charge in [-0.15, -0.1) is 0 Å². The predicted octanol–water partition coefficient (Wildman–Crippen LogP) is 1.85. The van der Waals surface area contributed by atoms with Crippen molar-refractivity contribution in [1.29, 1.82) is 0 Å². The largest absolute Gasteiger partial charge is 0.388 e. The van der Waals surface area contributed by atoms with Crippen molar-refractivity contribution in [1.82, 2.24) is 9.97 Å². The lowest BCUT2D eigenvalue weighted by atomic mass is 10.1. The first-order valence-electron chi connectivity index (χ1n) is 4.31. The molecule has 0 atom stereocenters. The van der Waals surface area contributed by atoms with E-state index in [9.17, 15) is 8.78 Å². The van der Waals surface area contributed by atoms with Crippen LogP contribution in [0, 0.1) is 11.6 Å². The van der Waals surface area contributed by atoms with Crippen LogP contribution in [0.15, 0.2) is 24.4 Å². The van der Waals surface area contributed by atoms with Gasteiger partial charge in [0.1, 0.15) is 24.1 Å². The summed E-state index contributed by atoms with van der Waals surface area (Å²) >= 11 is 0. The summed E-state index contributed by atoms with van der Waals surface area (Å²) in [6, 6.07) is 3.28. The average Bonchev–Trinajstić information content (AvgIpc) is 2.66. The van der Waals surface area contributed by atoms with Crippen LogP contribution in [0.3, 0.4) is 0 Å². The first kappa shape index (κ1) is 9.79. The lowest BCUT2D eigenvalue weighted by Crippen LogP contribution is -1.88. The standard InChI is InChI=1S/C10H8F2N2O/c11-6-1-2-7(8(12)3-6)9-4-13-10(5-15)14-9/h1-4,15H,5H2,(H,13,14). The number of halogens is 2. The molecule has 1 heterocycles. The summed E-state index contributed by atoms with van der Waals surface area (Å²) in [5.41, 5.74) is 0.639. The van der Waals surface area contributed by atoms with E-state index >= 15 is 0 Å². The van der Waals surface area contributed by atoms with Gasteiger partial charge in [0.15, 0.2) is 0 Å². The first-order valence-corrected chi connectivity index (χ1v) is 4.31. The molecule has 0 spiro atoms. The van der Waals surface area contributed by atoms with Crippen molar-refractivity contribution in [3.8, 4) is 11.3 Å². The third-order valence-corrected chi connectivity index (χ3v) is 2.00. The van der Waals surface area contributed by atoms with Crippen LogP contribution in [0.25, 0.3) is 11.3 Å². The van der Waals surface area contributed by atoms with E-state index in [4.69, 9.17) is 5.11 Å². The van der Waals surface area contributed by atoms with Crippen molar-refractivity contribution in [2.24, 2.45) is 0 Å². The number of benzene rings is 1. The van der Waals surface area contributed by atoms with E-state index in [1.165, 1.54) is 12.3 Å². The van der Waals surface area contributed by atoms with Gasteiger partial charge in [0.2, 0.25) is 0 Å². The van der Waals surface area contributed by atoms with Gasteiger partial charge in [0.05, 0.1) is 11.9 Å². The molecule has 1 aromatic heterocycles. The quantitative estimate of drug-likeness (QED) is 0.794. The highest BCUT2D eigenvalue weighted by Gasteiger charge is 2.08. The van der Waals surface area contributed by atoms with E-state index < -0.39 is 11.6 Å². The molecule has 0 saturated heterocycles. The monoisotopic (exact) mass is 210 g/mol. The van der Waals surface area contributed by atoms with Gasteiger partial charge in [0, 0.05) is 11.6 Å². The summed E-state index contributed by atoms with van der Waals surface area (Å²) in [6.07, 6.45) is 1.39. The van der Waals surface area contributed by atoms with Gasteiger partial charge in [-0.25, -0.2) is 13.8 Å². The third-order valence-electron chi connectivity index (χ3n) is 2.00. The molecule has 2 aromatic rings. The Morgan fingerprint density at radius 3 is 2.73 bits per heavy atom. The molecule has 15 heavy (non-hydrogen) atoms. The summed E-state index contributed by atoms with van der Waals surface area (Å²) in [5.74, 6) is -0.949. The Morgan fingerprint density at radius 2 is 2.13 bits per heavy atom. The zero-order valence-corrected chi connectivity index (χ0v) is 7.67. The maximum absolute atomic E-state index is 13.3. The number of aliphatic hydroxyl groups excluding tert-OH is 1. The van der Waals surface area contributed by atoms with E-state index in [1.54, 1.807) is 0 Å². The van der Waals surface area contributed by atoms with Crippen molar-refractivity contribution >= 4 is 0 Å². The summed E-state index contributed by atoms with van der Waals surface area (Å²) < 4.78 is 25.9. The van der Waals surface area contributed by atoms with Crippen molar-refractivity contribution in [2.75, 3.05) is 0 Å². The number of aromatic amines is 1. The molecule has 0 radical (unpaired) electrons. The number of rotatable bonds is 2. The second-order valence-electron chi connectivity index (χ2n) is 3.03. The number of H-pyrrole nitrogens is 1. The van der Waals surface area contributed by atoms with Crippen LogP contribution in [-0.4, -0.2) is 15.1 Å². The molecule has 0 amide bonds. The fraction of sp³-hybridized carbons (Fsp3) is 0.100. The smallest absolute Gasteiger partial charge is 0.135 e. The molecule has 0 fully saturated rings. The zero-order chi connectivity index (χ0) is 10.8. The fourth-order valence-corrected chi connectivity index (χ4v) is 1.29. The number of nitrogens with zero attached hydrogens (tertiary/aromatic N) is 1. The number of aliphatic hydroxyl groups is 1. The van der Waals surface area contributed by atoms with Crippen molar-refractivity contribution < 1.29 is 13.9 Å². The highest BCUT2D eigenvalue weighted by molar-refractivity contribution is 5.59. The third kappa shape index (κ3) is 1.87. The van der Waals surface area contributed by atoms with Crippen LogP contribution in [0.1, 0.15) is 5.82 Å². The first-order chi connectivity index (χ1) is 7.20. The molecular weight excluding hydrogens is 202 g/mol. The number of hydrogen-bond acceptors (Lipinski definition) is 2. The molecule has 3 nitrogen and oxygen atoms in total. The van der Waals surface area contributed by atoms with E-state index in [0.29, 0.717) is 11.5 Å². The minimum atomic E-state index is -0.664. The van der Waals surface area contributed by atoms with E-state index in [0.717, 1.165) is 12.1 Å². The van der Waals surface area contributed by atoms with Gasteiger partial charge in [-0.3, -0.25) is 0 Å². The van der Waals surface area contributed by atoms with Gasteiger partial charge < -0.3 is 10.1 Å². The summed E-state index contributed by atoms with van der Waals surface area (Å²) in [7, 11) is 0. The minimum absolute atomic E-state index is 0.226. The molecule has 2 N–H and O–H groups in total. The molecule has 5 heteroatoms. The molecular formula is C10H8F2N2O. The van der Waals surface area contributed by atoms with Gasteiger partial charge in [-0.2, -0.15) is 0 Å². The van der Waals surface area contributed by atoms with E-state index in [2.05, 4.69) is 9.97 Å². The second-order valence-corrected chi connectivity index (χ2v) is 3.03. The highest BCUT2D eigenvalue weighted by atomic mass is 19.1. The van der Waals surface area contributed by atoms with Crippen LogP contribution < -0.4 is 0 Å². The van der Waals surface area contributed by atoms with Gasteiger partial charge >= 0.3 is 0 Å². The lowest BCUT2D eigenvalue weighted by molar-refractivity contribution is 0.272. The molecule has 0 saturated carbocycles. The van der Waals surface area contributed by atoms with Crippen molar-refractivity contribution in [3.05, 3.63) is 41.9 Å². The van der Waals surface area contributed by atoms with Crippen molar-refractivity contribution in [2.45, 2.75) is 6.61 Å². The zero-order valence-electron chi connectivity index (χ0n) is 7.67. The maximum atomic E-state index is 13.3. The Bertz CT molecular complexity index is 482. The minimum Gasteiger partial charge on any atom is -0.388 e. The average molecular weight is 210 g/mol. The number of aromatic nitrogens is 2. The Labute approximate surface area is 84.4 Å². The second kappa shape index (κ2) is 3.78. The number of imidazole rings is 1. The molecule has 0 aliphatic heterocycles. The van der Waals surface area contributed by atoms with Gasteiger partial charge in [0.25, 0.3) is 0 Å². The Morgan fingerprint density at radius 1 is 1.33 bits per heavy atom.